The van der Waals surface area contributed by atoms with Gasteiger partial charge in [0.2, 0.25) is 0 Å². The van der Waals surface area contributed by atoms with Crippen LogP contribution in [0.3, 0.4) is 0 Å². The van der Waals surface area contributed by atoms with Crippen LogP contribution in [-0.2, 0) is 0 Å². The lowest BCUT2D eigenvalue weighted by Gasteiger charge is -2.29. The fourth-order valence-electron chi connectivity index (χ4n) is 2.43. The van der Waals surface area contributed by atoms with E-state index >= 15 is 0 Å². The number of halogens is 1. The number of piperidine rings is 1. The van der Waals surface area contributed by atoms with E-state index in [4.69, 9.17) is 4.52 Å². The number of benzene rings is 1. The highest BCUT2D eigenvalue weighted by Crippen LogP contribution is 2.22. The standard InChI is InChI=1S/C15H15FN2O3/c16-11-5-3-10(4-6-11)14-8-13(17-21-14)15(20)18-7-1-2-12(19)9-18/h3-6,8,12,19H,1-2,7,9H2. The van der Waals surface area contributed by atoms with Crippen LogP contribution in [0.4, 0.5) is 4.39 Å². The van der Waals surface area contributed by atoms with E-state index in [0.717, 1.165) is 6.42 Å². The molecule has 1 aromatic heterocycles. The summed E-state index contributed by atoms with van der Waals surface area (Å²) in [6.07, 6.45) is 1.00. The lowest BCUT2D eigenvalue weighted by Crippen LogP contribution is -2.42. The van der Waals surface area contributed by atoms with Gasteiger partial charge in [-0.25, -0.2) is 4.39 Å². The summed E-state index contributed by atoms with van der Waals surface area (Å²) in [6.45, 7) is 0.923. The molecule has 0 aliphatic carbocycles. The van der Waals surface area contributed by atoms with Crippen molar-refractivity contribution in [3.05, 3.63) is 41.8 Å². The molecule has 3 rings (SSSR count). The minimum absolute atomic E-state index is 0.198. The van der Waals surface area contributed by atoms with Crippen LogP contribution < -0.4 is 0 Å². The van der Waals surface area contributed by atoms with Crippen LogP contribution in [0, 0.1) is 5.82 Å². The second-order valence-electron chi connectivity index (χ2n) is 5.13. The number of hydrogen-bond acceptors (Lipinski definition) is 4. The molecule has 1 aliphatic heterocycles. The van der Waals surface area contributed by atoms with Crippen LogP contribution in [0.2, 0.25) is 0 Å². The van der Waals surface area contributed by atoms with Gasteiger partial charge in [0.05, 0.1) is 6.10 Å². The third kappa shape index (κ3) is 2.95. The minimum atomic E-state index is -0.480. The first-order valence-electron chi connectivity index (χ1n) is 6.83. The summed E-state index contributed by atoms with van der Waals surface area (Å²) in [5, 5.41) is 13.4. The monoisotopic (exact) mass is 290 g/mol. The van der Waals surface area contributed by atoms with Crippen LogP contribution in [0.5, 0.6) is 0 Å². The van der Waals surface area contributed by atoms with Crippen molar-refractivity contribution in [3.63, 3.8) is 0 Å². The molecule has 6 heteroatoms. The highest BCUT2D eigenvalue weighted by molar-refractivity contribution is 5.93. The van der Waals surface area contributed by atoms with Crippen molar-refractivity contribution in [1.82, 2.24) is 10.1 Å². The molecular formula is C15H15FN2O3. The zero-order chi connectivity index (χ0) is 14.8. The predicted molar refractivity (Wildman–Crippen MR) is 73.0 cm³/mol. The summed E-state index contributed by atoms with van der Waals surface area (Å²) in [5.74, 6) is -0.182. The van der Waals surface area contributed by atoms with Crippen molar-refractivity contribution < 1.29 is 18.8 Å². The first-order valence-corrected chi connectivity index (χ1v) is 6.83. The maximum absolute atomic E-state index is 12.9. The van der Waals surface area contributed by atoms with Crippen molar-refractivity contribution in [3.8, 4) is 11.3 Å². The summed E-state index contributed by atoms with van der Waals surface area (Å²) in [7, 11) is 0. The molecule has 1 amide bonds. The molecule has 1 fully saturated rings. The largest absolute Gasteiger partial charge is 0.391 e. The Hall–Kier alpha value is -2.21. The smallest absolute Gasteiger partial charge is 0.276 e. The number of likely N-dealkylation sites (tertiary alicyclic amines) is 1. The molecule has 21 heavy (non-hydrogen) atoms. The van der Waals surface area contributed by atoms with Gasteiger partial charge in [-0.3, -0.25) is 4.79 Å². The molecule has 0 radical (unpaired) electrons. The van der Waals surface area contributed by atoms with E-state index in [9.17, 15) is 14.3 Å². The fraction of sp³-hybridized carbons (Fsp3) is 0.333. The molecular weight excluding hydrogens is 275 g/mol. The normalized spacial score (nSPS) is 18.8. The topological polar surface area (TPSA) is 66.6 Å². The van der Waals surface area contributed by atoms with E-state index in [1.807, 2.05) is 0 Å². The number of carbonyl (C=O) groups excluding carboxylic acids is 1. The molecule has 1 aromatic carbocycles. The Kier molecular flexibility index (Phi) is 3.70. The van der Waals surface area contributed by atoms with E-state index in [0.29, 0.717) is 30.8 Å². The Bertz CT molecular complexity index is 639. The highest BCUT2D eigenvalue weighted by Gasteiger charge is 2.25. The number of rotatable bonds is 2. The molecule has 0 bridgehead atoms. The Labute approximate surface area is 121 Å². The van der Waals surface area contributed by atoms with E-state index in [2.05, 4.69) is 5.16 Å². The molecule has 1 unspecified atom stereocenters. The number of carbonyl (C=O) groups is 1. The van der Waals surface area contributed by atoms with Crippen LogP contribution in [0.1, 0.15) is 23.3 Å². The molecule has 2 heterocycles. The van der Waals surface area contributed by atoms with E-state index in [-0.39, 0.29) is 17.4 Å². The second-order valence-corrected chi connectivity index (χ2v) is 5.13. The van der Waals surface area contributed by atoms with Gasteiger partial charge in [-0.1, -0.05) is 5.16 Å². The van der Waals surface area contributed by atoms with Gasteiger partial charge in [0.25, 0.3) is 5.91 Å². The van der Waals surface area contributed by atoms with Crippen LogP contribution >= 0.6 is 0 Å². The first-order chi connectivity index (χ1) is 10.1. The van der Waals surface area contributed by atoms with Crippen LogP contribution in [0.15, 0.2) is 34.9 Å². The number of aliphatic hydroxyl groups excluding tert-OH is 1. The number of hydrogen-bond donors (Lipinski definition) is 1. The molecule has 0 spiro atoms. The summed E-state index contributed by atoms with van der Waals surface area (Å²) in [4.78, 5) is 13.8. The Morgan fingerprint density at radius 2 is 2.14 bits per heavy atom. The van der Waals surface area contributed by atoms with E-state index < -0.39 is 6.10 Å². The maximum Gasteiger partial charge on any atom is 0.276 e. The summed E-state index contributed by atoms with van der Waals surface area (Å²) in [5.41, 5.74) is 0.852. The van der Waals surface area contributed by atoms with Gasteiger partial charge in [0.15, 0.2) is 11.5 Å². The Morgan fingerprint density at radius 3 is 2.86 bits per heavy atom. The van der Waals surface area contributed by atoms with Crippen molar-refractivity contribution in [2.45, 2.75) is 18.9 Å². The van der Waals surface area contributed by atoms with Crippen LogP contribution in [0.25, 0.3) is 11.3 Å². The number of aliphatic hydroxyl groups is 1. The molecule has 110 valence electrons. The molecule has 1 N–H and O–H groups in total. The zero-order valence-electron chi connectivity index (χ0n) is 11.3. The minimum Gasteiger partial charge on any atom is -0.391 e. The molecule has 5 nitrogen and oxygen atoms in total. The summed E-state index contributed by atoms with van der Waals surface area (Å²) >= 11 is 0. The zero-order valence-corrected chi connectivity index (χ0v) is 11.3. The number of amides is 1. The van der Waals surface area contributed by atoms with Gasteiger partial charge in [0, 0.05) is 24.7 Å². The third-order valence-corrected chi connectivity index (χ3v) is 3.54. The summed E-state index contributed by atoms with van der Waals surface area (Å²) < 4.78 is 18.0. The van der Waals surface area contributed by atoms with Gasteiger partial charge < -0.3 is 14.5 Å². The quantitative estimate of drug-likeness (QED) is 0.919. The maximum atomic E-state index is 12.9. The molecule has 2 aromatic rings. The lowest BCUT2D eigenvalue weighted by atomic mass is 10.1. The van der Waals surface area contributed by atoms with Crippen molar-refractivity contribution in [2.24, 2.45) is 0 Å². The van der Waals surface area contributed by atoms with Gasteiger partial charge in [0.1, 0.15) is 5.82 Å². The molecule has 0 saturated carbocycles. The fourth-order valence-corrected chi connectivity index (χ4v) is 2.43. The molecule has 1 atom stereocenters. The molecule has 1 saturated heterocycles. The van der Waals surface area contributed by atoms with Crippen LogP contribution in [-0.4, -0.2) is 40.3 Å². The van der Waals surface area contributed by atoms with Crippen molar-refractivity contribution in [2.75, 3.05) is 13.1 Å². The lowest BCUT2D eigenvalue weighted by molar-refractivity contribution is 0.0465. The third-order valence-electron chi connectivity index (χ3n) is 3.54. The van der Waals surface area contributed by atoms with Gasteiger partial charge in [-0.05, 0) is 37.1 Å². The second kappa shape index (κ2) is 5.65. The summed E-state index contributed by atoms with van der Waals surface area (Å²) in [6, 6.07) is 7.31. The predicted octanol–water partition coefficient (Wildman–Crippen LogP) is 2.08. The Morgan fingerprint density at radius 1 is 1.38 bits per heavy atom. The highest BCUT2D eigenvalue weighted by atomic mass is 19.1. The van der Waals surface area contributed by atoms with Gasteiger partial charge >= 0.3 is 0 Å². The van der Waals surface area contributed by atoms with E-state index in [1.165, 1.54) is 18.2 Å². The van der Waals surface area contributed by atoms with Gasteiger partial charge in [-0.15, -0.1) is 0 Å². The average molecular weight is 290 g/mol. The van der Waals surface area contributed by atoms with Gasteiger partial charge in [-0.2, -0.15) is 0 Å². The number of aromatic nitrogens is 1. The van der Waals surface area contributed by atoms with Crippen molar-refractivity contribution >= 4 is 5.91 Å². The van der Waals surface area contributed by atoms with E-state index in [1.54, 1.807) is 17.0 Å². The SMILES string of the molecule is O=C(c1cc(-c2ccc(F)cc2)on1)N1CCCC(O)C1. The first kappa shape index (κ1) is 13.8. The van der Waals surface area contributed by atoms with Crippen molar-refractivity contribution in [1.29, 1.82) is 0 Å². The number of β-amino-alcohol motifs (C(OH)–C–C–N with tert-alkyl or cyclic N) is 1. The molecule has 1 aliphatic rings. The Balaban J connectivity index is 1.78. The average Bonchev–Trinajstić information content (AvgIpc) is 2.97. The number of nitrogens with zero attached hydrogens (tertiary/aromatic N) is 2.